The molecule has 2 aromatic rings. The van der Waals surface area contributed by atoms with Crippen molar-refractivity contribution in [3.05, 3.63) is 46.4 Å². The molecule has 6 rings (SSSR count). The molecule has 3 N–H and O–H groups in total. The second kappa shape index (κ2) is 9.37. The number of hydrogen-bond donors (Lipinski definition) is 3. The van der Waals surface area contributed by atoms with Crippen molar-refractivity contribution in [2.75, 3.05) is 24.9 Å². The van der Waals surface area contributed by atoms with Gasteiger partial charge in [0.2, 0.25) is 5.91 Å². The largest absolute Gasteiger partial charge is 0.497 e. The van der Waals surface area contributed by atoms with Crippen LogP contribution in [-0.2, 0) is 22.4 Å². The number of carbonyl (C=O) groups is 3. The Balaban J connectivity index is 1.43. The third-order valence-corrected chi connectivity index (χ3v) is 8.59. The van der Waals surface area contributed by atoms with Gasteiger partial charge in [0.25, 0.3) is 5.91 Å². The molecule has 2 amide bonds. The normalized spacial score (nSPS) is 24.1. The smallest absolute Gasteiger partial charge is 0.307 e. The standard InChI is InChI=1S/C26H28N2O6S/c1-33-15-10-11-17(18(12-15)34-2)27-24(30)22-16-4-3-5-19(16)35-25(22)28-23(29)20-13-6-8-14(9-7-13)21(20)26(31)32/h6,8,10-14,20-21H,3-5,7,9H2,1-2H3,(H,27,30)(H,28,29)(H,31,32)/t13-,14-,20-,21-/m0/s1. The van der Waals surface area contributed by atoms with E-state index in [1.807, 2.05) is 12.2 Å². The molecule has 0 spiro atoms. The number of benzene rings is 1. The van der Waals surface area contributed by atoms with Gasteiger partial charge < -0.3 is 25.2 Å². The number of carboxylic acids is 1. The van der Waals surface area contributed by atoms with E-state index in [4.69, 9.17) is 9.47 Å². The minimum absolute atomic E-state index is 0.103. The Hall–Kier alpha value is -3.33. The average molecular weight is 497 g/mol. The maximum Gasteiger partial charge on any atom is 0.307 e. The van der Waals surface area contributed by atoms with E-state index in [2.05, 4.69) is 10.6 Å². The summed E-state index contributed by atoms with van der Waals surface area (Å²) >= 11 is 1.42. The summed E-state index contributed by atoms with van der Waals surface area (Å²) in [5, 5.41) is 16.2. The first-order valence-electron chi connectivity index (χ1n) is 11.8. The van der Waals surface area contributed by atoms with Crippen molar-refractivity contribution in [2.24, 2.45) is 23.7 Å². The number of ether oxygens (including phenoxy) is 2. The number of allylic oxidation sites excluding steroid dienone is 2. The summed E-state index contributed by atoms with van der Waals surface area (Å²) in [6.07, 6.45) is 8.09. The van der Waals surface area contributed by atoms with Gasteiger partial charge in [-0.3, -0.25) is 14.4 Å². The fourth-order valence-corrected chi connectivity index (χ4v) is 6.99. The number of nitrogens with one attached hydrogen (secondary N) is 2. The summed E-state index contributed by atoms with van der Waals surface area (Å²) in [4.78, 5) is 40.0. The maximum atomic E-state index is 13.5. The van der Waals surface area contributed by atoms with Gasteiger partial charge in [0.15, 0.2) is 0 Å². The number of anilines is 2. The van der Waals surface area contributed by atoms with Gasteiger partial charge in [0, 0.05) is 10.9 Å². The third-order valence-electron chi connectivity index (χ3n) is 7.38. The second-order valence-corrected chi connectivity index (χ2v) is 10.4. The van der Waals surface area contributed by atoms with Crippen molar-refractivity contribution in [1.29, 1.82) is 0 Å². The molecule has 9 heteroatoms. The van der Waals surface area contributed by atoms with Crippen LogP contribution in [0.1, 0.15) is 40.1 Å². The molecule has 1 heterocycles. The Morgan fingerprint density at radius 3 is 2.40 bits per heavy atom. The lowest BCUT2D eigenvalue weighted by molar-refractivity contribution is -0.151. The van der Waals surface area contributed by atoms with E-state index in [1.54, 1.807) is 25.3 Å². The van der Waals surface area contributed by atoms with Crippen molar-refractivity contribution >= 4 is 39.8 Å². The number of thiophene rings is 1. The summed E-state index contributed by atoms with van der Waals surface area (Å²) in [6.45, 7) is 0. The van der Waals surface area contributed by atoms with Gasteiger partial charge in [-0.15, -0.1) is 11.3 Å². The van der Waals surface area contributed by atoms with Crippen LogP contribution < -0.4 is 20.1 Å². The molecular weight excluding hydrogens is 468 g/mol. The molecule has 4 aliphatic carbocycles. The minimum atomic E-state index is -0.942. The molecule has 1 fully saturated rings. The Morgan fingerprint density at radius 1 is 1.00 bits per heavy atom. The quantitative estimate of drug-likeness (QED) is 0.491. The Kier molecular flexibility index (Phi) is 6.27. The highest BCUT2D eigenvalue weighted by atomic mass is 32.1. The first-order chi connectivity index (χ1) is 16.9. The number of carbonyl (C=O) groups excluding carboxylic acids is 2. The van der Waals surface area contributed by atoms with Crippen LogP contribution in [0.2, 0.25) is 0 Å². The van der Waals surface area contributed by atoms with Crippen LogP contribution in [0, 0.1) is 23.7 Å². The zero-order chi connectivity index (χ0) is 24.7. The highest BCUT2D eigenvalue weighted by molar-refractivity contribution is 7.17. The zero-order valence-electron chi connectivity index (χ0n) is 19.6. The van der Waals surface area contributed by atoms with Gasteiger partial charge in [-0.25, -0.2) is 0 Å². The molecule has 0 aliphatic heterocycles. The minimum Gasteiger partial charge on any atom is -0.497 e. The Morgan fingerprint density at radius 2 is 1.74 bits per heavy atom. The molecule has 1 aromatic heterocycles. The van der Waals surface area contributed by atoms with Gasteiger partial charge in [-0.2, -0.15) is 0 Å². The number of aliphatic carboxylic acids is 1. The van der Waals surface area contributed by atoms with E-state index in [9.17, 15) is 19.5 Å². The molecule has 184 valence electrons. The van der Waals surface area contributed by atoms with E-state index in [1.165, 1.54) is 18.4 Å². The number of methoxy groups -OCH3 is 2. The summed E-state index contributed by atoms with van der Waals surface area (Å²) < 4.78 is 10.6. The van der Waals surface area contributed by atoms with E-state index < -0.39 is 17.8 Å². The summed E-state index contributed by atoms with van der Waals surface area (Å²) in [6, 6.07) is 5.13. The summed E-state index contributed by atoms with van der Waals surface area (Å²) in [7, 11) is 3.07. The van der Waals surface area contributed by atoms with Crippen LogP contribution in [0.5, 0.6) is 11.5 Å². The highest BCUT2D eigenvalue weighted by Gasteiger charge is 2.48. The second-order valence-electron chi connectivity index (χ2n) is 9.25. The van der Waals surface area contributed by atoms with Crippen LogP contribution in [0.15, 0.2) is 30.4 Å². The predicted molar refractivity (Wildman–Crippen MR) is 132 cm³/mol. The molecule has 35 heavy (non-hydrogen) atoms. The van der Waals surface area contributed by atoms with Crippen LogP contribution in [0.25, 0.3) is 0 Å². The molecule has 8 nitrogen and oxygen atoms in total. The average Bonchev–Trinajstić information content (AvgIpc) is 3.45. The van der Waals surface area contributed by atoms with Crippen LogP contribution in [0.4, 0.5) is 10.7 Å². The monoisotopic (exact) mass is 496 g/mol. The van der Waals surface area contributed by atoms with Gasteiger partial charge >= 0.3 is 5.97 Å². The topological polar surface area (TPSA) is 114 Å². The van der Waals surface area contributed by atoms with E-state index in [0.717, 1.165) is 42.5 Å². The maximum absolute atomic E-state index is 13.5. The van der Waals surface area contributed by atoms with Crippen LogP contribution >= 0.6 is 11.3 Å². The van der Waals surface area contributed by atoms with Gasteiger partial charge in [-0.1, -0.05) is 12.2 Å². The summed E-state index contributed by atoms with van der Waals surface area (Å²) in [5.74, 6) is -2.16. The van der Waals surface area contributed by atoms with Crippen molar-refractivity contribution in [1.82, 2.24) is 0 Å². The van der Waals surface area contributed by atoms with E-state index >= 15 is 0 Å². The van der Waals surface area contributed by atoms with E-state index in [0.29, 0.717) is 27.8 Å². The van der Waals surface area contributed by atoms with Crippen molar-refractivity contribution in [2.45, 2.75) is 32.1 Å². The van der Waals surface area contributed by atoms with Gasteiger partial charge in [-0.05, 0) is 61.6 Å². The number of aryl methyl sites for hydroxylation is 1. The fraction of sp³-hybridized carbons (Fsp3) is 0.423. The lowest BCUT2D eigenvalue weighted by Crippen LogP contribution is -2.47. The molecule has 1 aromatic carbocycles. The van der Waals surface area contributed by atoms with Crippen molar-refractivity contribution < 1.29 is 29.0 Å². The first-order valence-corrected chi connectivity index (χ1v) is 12.6. The fourth-order valence-electron chi connectivity index (χ4n) is 5.70. The van der Waals surface area contributed by atoms with Crippen molar-refractivity contribution in [3.63, 3.8) is 0 Å². The van der Waals surface area contributed by atoms with Gasteiger partial charge in [0.1, 0.15) is 16.5 Å². The molecular formula is C26H28N2O6S. The Labute approximate surface area is 207 Å². The number of carboxylic acid groups (broad SMARTS) is 1. The molecule has 4 aliphatic rings. The number of fused-ring (bicyclic) bond motifs is 3. The molecule has 0 saturated heterocycles. The third kappa shape index (κ3) is 4.18. The molecule has 0 unspecified atom stereocenters. The molecule has 2 bridgehead atoms. The number of rotatable bonds is 7. The molecule has 0 radical (unpaired) electrons. The number of amides is 2. The summed E-state index contributed by atoms with van der Waals surface area (Å²) in [5.41, 5.74) is 1.90. The molecule has 4 atom stereocenters. The first kappa shape index (κ1) is 23.4. The Bertz CT molecular complexity index is 1220. The highest BCUT2D eigenvalue weighted by Crippen LogP contribution is 2.46. The lowest BCUT2D eigenvalue weighted by Gasteiger charge is -2.41. The SMILES string of the molecule is COc1ccc(NC(=O)c2c(NC(=O)[C@@H]3[C@@H](C(=O)O)[C@H]4C=C[C@H]3CC4)sc3c2CCC3)c(OC)c1. The van der Waals surface area contributed by atoms with Crippen molar-refractivity contribution in [3.8, 4) is 11.5 Å². The number of hydrogen-bond acceptors (Lipinski definition) is 6. The van der Waals surface area contributed by atoms with Crippen LogP contribution in [-0.4, -0.2) is 37.1 Å². The molecule has 1 saturated carbocycles. The zero-order valence-corrected chi connectivity index (χ0v) is 20.4. The van der Waals surface area contributed by atoms with Crippen LogP contribution in [0.3, 0.4) is 0 Å². The van der Waals surface area contributed by atoms with E-state index in [-0.39, 0.29) is 23.7 Å². The van der Waals surface area contributed by atoms with Gasteiger partial charge in [0.05, 0.1) is 37.3 Å². The lowest BCUT2D eigenvalue weighted by atomic mass is 9.62. The predicted octanol–water partition coefficient (Wildman–Crippen LogP) is 4.36.